The fourth-order valence-corrected chi connectivity index (χ4v) is 1.77. The third-order valence-electron chi connectivity index (χ3n) is 3.78. The molecule has 0 amide bonds. The highest BCUT2D eigenvalue weighted by Gasteiger charge is 2.23. The van der Waals surface area contributed by atoms with Crippen molar-refractivity contribution >= 4 is 12.1 Å². The van der Waals surface area contributed by atoms with E-state index in [1.165, 1.54) is 6.92 Å². The maximum Gasteiger partial charge on any atom is 0.508 e. The van der Waals surface area contributed by atoms with Gasteiger partial charge in [-0.15, -0.1) is 0 Å². The number of aliphatic hydroxyl groups excluding tert-OH is 1. The second kappa shape index (κ2) is 9.93. The van der Waals surface area contributed by atoms with Gasteiger partial charge in [0.2, 0.25) is 0 Å². The summed E-state index contributed by atoms with van der Waals surface area (Å²) in [6.07, 6.45) is -2.68. The summed E-state index contributed by atoms with van der Waals surface area (Å²) in [5.74, 6) is -0.574. The van der Waals surface area contributed by atoms with Crippen molar-refractivity contribution in [1.82, 2.24) is 0 Å². The highest BCUT2D eigenvalue weighted by atomic mass is 16.7. The average Bonchev–Trinajstić information content (AvgIpc) is 2.53. The second-order valence-corrected chi connectivity index (χ2v) is 5.96. The summed E-state index contributed by atoms with van der Waals surface area (Å²) in [6, 6.07) is 9.40. The smallest absolute Gasteiger partial charge is 0.461 e. The van der Waals surface area contributed by atoms with Crippen LogP contribution >= 0.6 is 0 Å². The van der Waals surface area contributed by atoms with Crippen LogP contribution in [0.3, 0.4) is 0 Å². The van der Waals surface area contributed by atoms with Crippen molar-refractivity contribution < 1.29 is 28.9 Å². The van der Waals surface area contributed by atoms with Gasteiger partial charge in [-0.25, -0.2) is 4.79 Å². The SMILES string of the molecule is CC(O)C(C)OC(=O)OC(C)C(C)CC(=O)OCc1ccccc1. The van der Waals surface area contributed by atoms with Crippen molar-refractivity contribution in [2.45, 2.75) is 59.0 Å². The van der Waals surface area contributed by atoms with Gasteiger partial charge in [-0.05, 0) is 26.3 Å². The molecule has 0 aliphatic heterocycles. The number of carbonyl (C=O) groups excluding carboxylic acids is 2. The normalized spacial score (nSPS) is 15.7. The molecule has 0 saturated carbocycles. The van der Waals surface area contributed by atoms with Gasteiger partial charge in [0.25, 0.3) is 0 Å². The Hall–Kier alpha value is -2.08. The molecule has 0 spiro atoms. The molecule has 1 aromatic carbocycles. The first-order valence-corrected chi connectivity index (χ1v) is 8.04. The number of rotatable bonds is 8. The number of carbonyl (C=O) groups is 2. The third-order valence-corrected chi connectivity index (χ3v) is 3.78. The van der Waals surface area contributed by atoms with E-state index < -0.39 is 24.5 Å². The molecule has 0 saturated heterocycles. The lowest BCUT2D eigenvalue weighted by Gasteiger charge is -2.21. The molecule has 1 N–H and O–H groups in total. The maximum absolute atomic E-state index is 11.9. The summed E-state index contributed by atoms with van der Waals surface area (Å²) in [4.78, 5) is 23.5. The fourth-order valence-electron chi connectivity index (χ4n) is 1.77. The van der Waals surface area contributed by atoms with E-state index in [0.717, 1.165) is 5.56 Å². The highest BCUT2D eigenvalue weighted by molar-refractivity contribution is 5.69. The standard InChI is InChI=1S/C18H26O6/c1-12(14(3)23-18(21)24-15(4)13(2)19)10-17(20)22-11-16-8-6-5-7-9-16/h5-9,12-15,19H,10-11H2,1-4H3. The van der Waals surface area contributed by atoms with E-state index in [1.54, 1.807) is 20.8 Å². The largest absolute Gasteiger partial charge is 0.508 e. The van der Waals surface area contributed by atoms with Crippen LogP contribution in [0.5, 0.6) is 0 Å². The predicted octanol–water partition coefficient (Wildman–Crippen LogP) is 3.07. The lowest BCUT2D eigenvalue weighted by atomic mass is 10.0. The maximum atomic E-state index is 11.9. The predicted molar refractivity (Wildman–Crippen MR) is 88.2 cm³/mol. The number of benzene rings is 1. The topological polar surface area (TPSA) is 82.1 Å². The molecule has 4 unspecified atom stereocenters. The Morgan fingerprint density at radius 1 is 1.00 bits per heavy atom. The van der Waals surface area contributed by atoms with Gasteiger partial charge in [0.05, 0.1) is 12.5 Å². The van der Waals surface area contributed by atoms with Gasteiger partial charge < -0.3 is 19.3 Å². The Kier molecular flexibility index (Phi) is 8.26. The van der Waals surface area contributed by atoms with Crippen molar-refractivity contribution in [1.29, 1.82) is 0 Å². The van der Waals surface area contributed by atoms with Crippen molar-refractivity contribution in [3.8, 4) is 0 Å². The van der Waals surface area contributed by atoms with Crippen molar-refractivity contribution in [2.24, 2.45) is 5.92 Å². The molecule has 6 nitrogen and oxygen atoms in total. The lowest BCUT2D eigenvalue weighted by molar-refractivity contribution is -0.147. The Labute approximate surface area is 142 Å². The van der Waals surface area contributed by atoms with Crippen molar-refractivity contribution in [3.63, 3.8) is 0 Å². The van der Waals surface area contributed by atoms with Gasteiger partial charge in [-0.1, -0.05) is 37.3 Å². The molecule has 6 heteroatoms. The Bertz CT molecular complexity index is 514. The van der Waals surface area contributed by atoms with Gasteiger partial charge in [0.1, 0.15) is 18.8 Å². The average molecular weight is 338 g/mol. The minimum atomic E-state index is -0.861. The minimum absolute atomic E-state index is 0.132. The molecule has 0 aliphatic carbocycles. The zero-order valence-electron chi connectivity index (χ0n) is 14.6. The number of ether oxygens (including phenoxy) is 3. The summed E-state index contributed by atoms with van der Waals surface area (Å²) in [5, 5.41) is 9.29. The van der Waals surface area contributed by atoms with E-state index in [9.17, 15) is 14.7 Å². The second-order valence-electron chi connectivity index (χ2n) is 5.96. The summed E-state index contributed by atoms with van der Waals surface area (Å²) in [5.41, 5.74) is 0.915. The first-order valence-electron chi connectivity index (χ1n) is 8.04. The summed E-state index contributed by atoms with van der Waals surface area (Å²) < 4.78 is 15.2. The van der Waals surface area contributed by atoms with Crippen molar-refractivity contribution in [2.75, 3.05) is 0 Å². The molecule has 0 aromatic heterocycles. The van der Waals surface area contributed by atoms with Crippen LogP contribution in [0.25, 0.3) is 0 Å². The minimum Gasteiger partial charge on any atom is -0.461 e. The number of hydrogen-bond donors (Lipinski definition) is 1. The van der Waals surface area contributed by atoms with E-state index in [4.69, 9.17) is 14.2 Å². The number of esters is 1. The monoisotopic (exact) mass is 338 g/mol. The molecule has 1 rings (SSSR count). The van der Waals surface area contributed by atoms with Crippen LogP contribution in [-0.4, -0.2) is 35.5 Å². The van der Waals surface area contributed by atoms with Crippen molar-refractivity contribution in [3.05, 3.63) is 35.9 Å². The molecule has 0 radical (unpaired) electrons. The van der Waals surface area contributed by atoms with E-state index in [1.807, 2.05) is 30.3 Å². The third kappa shape index (κ3) is 7.46. The van der Waals surface area contributed by atoms with Gasteiger partial charge >= 0.3 is 12.1 Å². The molecular formula is C18H26O6. The molecule has 24 heavy (non-hydrogen) atoms. The zero-order chi connectivity index (χ0) is 18.1. The molecule has 134 valence electrons. The van der Waals surface area contributed by atoms with E-state index >= 15 is 0 Å². The van der Waals surface area contributed by atoms with Crippen LogP contribution in [0, 0.1) is 5.92 Å². The van der Waals surface area contributed by atoms with E-state index in [-0.39, 0.29) is 24.9 Å². The summed E-state index contributed by atoms with van der Waals surface area (Å²) in [6.45, 7) is 6.78. The van der Waals surface area contributed by atoms with Crippen LogP contribution in [0.1, 0.15) is 39.7 Å². The van der Waals surface area contributed by atoms with E-state index in [0.29, 0.717) is 0 Å². The molecule has 4 atom stereocenters. The molecular weight excluding hydrogens is 312 g/mol. The summed E-state index contributed by atoms with van der Waals surface area (Å²) >= 11 is 0. The Balaban J connectivity index is 2.33. The fraction of sp³-hybridized carbons (Fsp3) is 0.556. The van der Waals surface area contributed by atoms with Gasteiger partial charge in [-0.2, -0.15) is 0 Å². The first-order chi connectivity index (χ1) is 11.3. The van der Waals surface area contributed by atoms with E-state index in [2.05, 4.69) is 0 Å². The number of aliphatic hydroxyl groups is 1. The summed E-state index contributed by atoms with van der Waals surface area (Å²) in [7, 11) is 0. The van der Waals surface area contributed by atoms with Crippen LogP contribution < -0.4 is 0 Å². The molecule has 0 fully saturated rings. The van der Waals surface area contributed by atoms with Crippen LogP contribution in [0.15, 0.2) is 30.3 Å². The zero-order valence-corrected chi connectivity index (χ0v) is 14.6. The number of hydrogen-bond acceptors (Lipinski definition) is 6. The Morgan fingerprint density at radius 3 is 2.17 bits per heavy atom. The lowest BCUT2D eigenvalue weighted by Crippen LogP contribution is -2.30. The molecule has 0 bridgehead atoms. The molecule has 1 aromatic rings. The van der Waals surface area contributed by atoms with Gasteiger partial charge in [0, 0.05) is 5.92 Å². The highest BCUT2D eigenvalue weighted by Crippen LogP contribution is 2.15. The van der Waals surface area contributed by atoms with Gasteiger partial charge in [-0.3, -0.25) is 4.79 Å². The molecule has 0 heterocycles. The Morgan fingerprint density at radius 2 is 1.58 bits per heavy atom. The van der Waals surface area contributed by atoms with Gasteiger partial charge in [0.15, 0.2) is 0 Å². The van der Waals surface area contributed by atoms with Crippen LogP contribution in [-0.2, 0) is 25.6 Å². The van der Waals surface area contributed by atoms with Crippen LogP contribution in [0.2, 0.25) is 0 Å². The molecule has 0 aliphatic rings. The quantitative estimate of drug-likeness (QED) is 0.734. The first kappa shape index (κ1) is 20.0. The van der Waals surface area contributed by atoms with Crippen LogP contribution in [0.4, 0.5) is 4.79 Å².